The highest BCUT2D eigenvalue weighted by molar-refractivity contribution is 6.17. The Morgan fingerprint density at radius 2 is 2.19 bits per heavy atom. The molecule has 5 nitrogen and oxygen atoms in total. The van der Waals surface area contributed by atoms with E-state index in [2.05, 4.69) is 15.3 Å². The van der Waals surface area contributed by atoms with E-state index < -0.39 is 0 Å². The number of carbonyl (C=O) groups excluding carboxylic acids is 1. The Balaban J connectivity index is 2.43. The van der Waals surface area contributed by atoms with Crippen LogP contribution in [0.1, 0.15) is 39.6 Å². The molecular weight excluding hydrogens is 288 g/mol. The van der Waals surface area contributed by atoms with Crippen molar-refractivity contribution < 1.29 is 4.79 Å². The summed E-state index contributed by atoms with van der Waals surface area (Å²) in [4.78, 5) is 21.1. The topological polar surface area (TPSA) is 59.8 Å². The molecule has 0 saturated heterocycles. The summed E-state index contributed by atoms with van der Waals surface area (Å²) in [5, 5.41) is 3.01. The summed E-state index contributed by atoms with van der Waals surface area (Å²) in [7, 11) is 0. The van der Waals surface area contributed by atoms with Crippen LogP contribution in [0.5, 0.6) is 0 Å². The van der Waals surface area contributed by atoms with Crippen LogP contribution in [0.25, 0.3) is 11.0 Å². The molecular formula is C15H21ClN4O. The summed E-state index contributed by atoms with van der Waals surface area (Å²) in [5.74, 6) is 1.24. The summed E-state index contributed by atoms with van der Waals surface area (Å²) in [6.07, 6.45) is 4.03. The first kappa shape index (κ1) is 15.8. The molecule has 1 atom stereocenters. The van der Waals surface area contributed by atoms with Crippen molar-refractivity contribution >= 4 is 28.5 Å². The van der Waals surface area contributed by atoms with Crippen molar-refractivity contribution in [1.82, 2.24) is 19.9 Å². The Labute approximate surface area is 129 Å². The van der Waals surface area contributed by atoms with Crippen LogP contribution in [0.3, 0.4) is 0 Å². The molecule has 0 radical (unpaired) electrons. The number of imidazole rings is 1. The number of carbonyl (C=O) groups is 1. The first-order chi connectivity index (χ1) is 9.83. The summed E-state index contributed by atoms with van der Waals surface area (Å²) in [6.45, 7) is 7.77. The number of nitrogens with one attached hydrogen (secondary N) is 1. The number of alkyl halides is 1. The van der Waals surface area contributed by atoms with Crippen LogP contribution in [0, 0.1) is 0 Å². The SMILES string of the molecule is CC(C(=O)NC(C)(C)C)n1c(CCCl)nc2cnccc21. The van der Waals surface area contributed by atoms with E-state index in [0.29, 0.717) is 12.3 Å². The lowest BCUT2D eigenvalue weighted by Crippen LogP contribution is -2.44. The van der Waals surface area contributed by atoms with Crippen molar-refractivity contribution in [1.29, 1.82) is 0 Å². The smallest absolute Gasteiger partial charge is 0.243 e. The lowest BCUT2D eigenvalue weighted by molar-refractivity contribution is -0.125. The quantitative estimate of drug-likeness (QED) is 0.883. The number of fused-ring (bicyclic) bond motifs is 1. The number of halogens is 1. The zero-order valence-corrected chi connectivity index (χ0v) is 13.6. The average Bonchev–Trinajstić information content (AvgIpc) is 2.74. The third-order valence-electron chi connectivity index (χ3n) is 3.15. The first-order valence-electron chi connectivity index (χ1n) is 7.02. The van der Waals surface area contributed by atoms with Crippen LogP contribution < -0.4 is 5.32 Å². The third kappa shape index (κ3) is 3.53. The highest BCUT2D eigenvalue weighted by Crippen LogP contribution is 2.22. The fourth-order valence-corrected chi connectivity index (χ4v) is 2.45. The highest BCUT2D eigenvalue weighted by atomic mass is 35.5. The van der Waals surface area contributed by atoms with Crippen LogP contribution in [-0.2, 0) is 11.2 Å². The Hall–Kier alpha value is -1.62. The van der Waals surface area contributed by atoms with Gasteiger partial charge in [0, 0.05) is 24.0 Å². The highest BCUT2D eigenvalue weighted by Gasteiger charge is 2.24. The van der Waals surface area contributed by atoms with Crippen LogP contribution in [-0.4, -0.2) is 31.9 Å². The van der Waals surface area contributed by atoms with Gasteiger partial charge in [-0.1, -0.05) is 0 Å². The van der Waals surface area contributed by atoms with Crippen molar-refractivity contribution in [2.45, 2.75) is 45.7 Å². The molecule has 21 heavy (non-hydrogen) atoms. The molecule has 2 aromatic rings. The van der Waals surface area contributed by atoms with Gasteiger partial charge in [-0.05, 0) is 33.8 Å². The van der Waals surface area contributed by atoms with Gasteiger partial charge in [0.25, 0.3) is 0 Å². The van der Waals surface area contributed by atoms with Gasteiger partial charge in [0.1, 0.15) is 17.4 Å². The van der Waals surface area contributed by atoms with Crippen molar-refractivity contribution in [3.63, 3.8) is 0 Å². The van der Waals surface area contributed by atoms with Gasteiger partial charge in [-0.2, -0.15) is 0 Å². The van der Waals surface area contributed by atoms with E-state index in [1.807, 2.05) is 38.3 Å². The molecule has 2 heterocycles. The van der Waals surface area contributed by atoms with Crippen molar-refractivity contribution in [3.8, 4) is 0 Å². The second-order valence-electron chi connectivity index (χ2n) is 6.12. The van der Waals surface area contributed by atoms with Gasteiger partial charge in [0.05, 0.1) is 11.7 Å². The average molecular weight is 309 g/mol. The standard InChI is InChI=1S/C15H21ClN4O/c1-10(14(21)19-15(2,3)4)20-12-6-8-17-9-11(12)18-13(20)5-7-16/h6,8-10H,5,7H2,1-4H3,(H,19,21). The Morgan fingerprint density at radius 1 is 1.48 bits per heavy atom. The third-order valence-corrected chi connectivity index (χ3v) is 3.34. The van der Waals surface area contributed by atoms with E-state index in [1.54, 1.807) is 12.4 Å². The van der Waals surface area contributed by atoms with Gasteiger partial charge in [0.2, 0.25) is 5.91 Å². The molecule has 0 bridgehead atoms. The lowest BCUT2D eigenvalue weighted by atomic mass is 10.1. The summed E-state index contributed by atoms with van der Waals surface area (Å²) < 4.78 is 1.94. The summed E-state index contributed by atoms with van der Waals surface area (Å²) in [6, 6.07) is 1.52. The number of nitrogens with zero attached hydrogens (tertiary/aromatic N) is 3. The van der Waals surface area contributed by atoms with Gasteiger partial charge >= 0.3 is 0 Å². The number of hydrogen-bond donors (Lipinski definition) is 1. The van der Waals surface area contributed by atoms with Gasteiger partial charge in [-0.25, -0.2) is 4.98 Å². The molecule has 114 valence electrons. The van der Waals surface area contributed by atoms with Crippen LogP contribution in [0.15, 0.2) is 18.5 Å². The summed E-state index contributed by atoms with van der Waals surface area (Å²) >= 11 is 5.86. The monoisotopic (exact) mass is 308 g/mol. The molecule has 0 saturated carbocycles. The molecule has 0 aliphatic rings. The molecule has 0 fully saturated rings. The molecule has 0 aliphatic carbocycles. The molecule has 1 unspecified atom stereocenters. The lowest BCUT2D eigenvalue weighted by Gasteiger charge is -2.25. The second kappa shape index (κ2) is 6.02. The molecule has 0 aliphatic heterocycles. The fourth-order valence-electron chi connectivity index (χ4n) is 2.28. The van der Waals surface area contributed by atoms with E-state index in [-0.39, 0.29) is 17.5 Å². The zero-order valence-electron chi connectivity index (χ0n) is 12.9. The number of rotatable bonds is 4. The molecule has 0 aromatic carbocycles. The first-order valence-corrected chi connectivity index (χ1v) is 7.56. The normalized spacial score (nSPS) is 13.4. The van der Waals surface area contributed by atoms with Crippen LogP contribution >= 0.6 is 11.6 Å². The second-order valence-corrected chi connectivity index (χ2v) is 6.49. The van der Waals surface area contributed by atoms with Crippen LogP contribution in [0.4, 0.5) is 0 Å². The molecule has 2 aromatic heterocycles. The van der Waals surface area contributed by atoms with Gasteiger partial charge in [0.15, 0.2) is 0 Å². The number of aryl methyl sites for hydroxylation is 1. The maximum Gasteiger partial charge on any atom is 0.243 e. The Kier molecular flexibility index (Phi) is 4.52. The number of pyridine rings is 1. The molecule has 1 amide bonds. The predicted octanol–water partition coefficient (Wildman–Crippen LogP) is 2.69. The van der Waals surface area contributed by atoms with Gasteiger partial charge in [-0.3, -0.25) is 9.78 Å². The van der Waals surface area contributed by atoms with E-state index in [0.717, 1.165) is 16.9 Å². The molecule has 0 spiro atoms. The van der Waals surface area contributed by atoms with Crippen molar-refractivity contribution in [2.24, 2.45) is 0 Å². The fraction of sp³-hybridized carbons (Fsp3) is 0.533. The van der Waals surface area contributed by atoms with Gasteiger partial charge in [-0.15, -0.1) is 11.6 Å². The van der Waals surface area contributed by atoms with E-state index in [9.17, 15) is 4.79 Å². The minimum absolute atomic E-state index is 0.0329. The van der Waals surface area contributed by atoms with Crippen molar-refractivity contribution in [3.05, 3.63) is 24.3 Å². The van der Waals surface area contributed by atoms with E-state index in [1.165, 1.54) is 0 Å². The number of amides is 1. The number of hydrogen-bond acceptors (Lipinski definition) is 3. The van der Waals surface area contributed by atoms with Crippen LogP contribution in [0.2, 0.25) is 0 Å². The van der Waals surface area contributed by atoms with Gasteiger partial charge < -0.3 is 9.88 Å². The molecule has 2 rings (SSSR count). The minimum atomic E-state index is -0.352. The predicted molar refractivity (Wildman–Crippen MR) is 84.6 cm³/mol. The number of aromatic nitrogens is 3. The Morgan fingerprint density at radius 3 is 2.81 bits per heavy atom. The summed E-state index contributed by atoms with van der Waals surface area (Å²) in [5.41, 5.74) is 1.42. The molecule has 6 heteroatoms. The Bertz CT molecular complexity index is 645. The minimum Gasteiger partial charge on any atom is -0.350 e. The molecule has 1 N–H and O–H groups in total. The van der Waals surface area contributed by atoms with Crippen molar-refractivity contribution in [2.75, 3.05) is 5.88 Å². The zero-order chi connectivity index (χ0) is 15.6. The maximum atomic E-state index is 12.4. The van der Waals surface area contributed by atoms with E-state index >= 15 is 0 Å². The van der Waals surface area contributed by atoms with E-state index in [4.69, 9.17) is 11.6 Å². The maximum absolute atomic E-state index is 12.4. The largest absolute Gasteiger partial charge is 0.350 e.